The van der Waals surface area contributed by atoms with Gasteiger partial charge in [0.05, 0.1) is 6.61 Å². The zero-order valence-corrected chi connectivity index (χ0v) is 7.91. The maximum Gasteiger partial charge on any atom is 0.357 e. The van der Waals surface area contributed by atoms with Crippen molar-refractivity contribution in [3.63, 3.8) is 0 Å². The van der Waals surface area contributed by atoms with Gasteiger partial charge in [0.25, 0.3) is 0 Å². The zero-order chi connectivity index (χ0) is 9.90. The Balaban J connectivity index is 2.42. The Labute approximate surface area is 77.5 Å². The van der Waals surface area contributed by atoms with Crippen LogP contribution in [0.5, 0.6) is 0 Å². The highest BCUT2D eigenvalue weighted by molar-refractivity contribution is 5.81. The average Bonchev–Trinajstić information content (AvgIpc) is 2.73. The summed E-state index contributed by atoms with van der Waals surface area (Å²) in [6.45, 7) is 7.55. The second kappa shape index (κ2) is 3.89. The summed E-state index contributed by atoms with van der Waals surface area (Å²) < 4.78 is 15.2. The quantitative estimate of drug-likeness (QED) is 0.280. The Hall–Kier alpha value is -0.870. The van der Waals surface area contributed by atoms with Crippen LogP contribution in [0.2, 0.25) is 0 Å². The minimum atomic E-state index is -1.14. The monoisotopic (exact) mass is 186 g/mol. The first-order valence-electron chi connectivity index (χ1n) is 4.32. The first kappa shape index (κ1) is 10.2. The van der Waals surface area contributed by atoms with Crippen LogP contribution < -0.4 is 0 Å². The van der Waals surface area contributed by atoms with E-state index in [0.717, 1.165) is 12.5 Å². The molecule has 13 heavy (non-hydrogen) atoms. The van der Waals surface area contributed by atoms with Crippen molar-refractivity contribution in [1.29, 1.82) is 0 Å². The lowest BCUT2D eigenvalue weighted by Crippen LogP contribution is -2.26. The normalized spacial score (nSPS) is 31.1. The van der Waals surface area contributed by atoms with Crippen LogP contribution >= 0.6 is 0 Å². The Bertz CT molecular complexity index is 214. The highest BCUT2D eigenvalue weighted by Gasteiger charge is 2.60. The molecule has 0 aromatic heterocycles. The van der Waals surface area contributed by atoms with E-state index in [1.165, 1.54) is 0 Å². The first-order chi connectivity index (χ1) is 6.14. The third kappa shape index (κ3) is 2.29. The van der Waals surface area contributed by atoms with Gasteiger partial charge in [-0.15, -0.1) is 0 Å². The maximum absolute atomic E-state index is 10.9. The Morgan fingerprint density at radius 3 is 2.77 bits per heavy atom. The average molecular weight is 186 g/mol. The predicted octanol–water partition coefficient (Wildman–Crippen LogP) is 1.21. The number of hydrogen-bond donors (Lipinski definition) is 0. The SMILES string of the molecule is C=CC(=O)OC1(OCCC)OC1C. The molecule has 1 aliphatic heterocycles. The van der Waals surface area contributed by atoms with Crippen LogP contribution in [0.3, 0.4) is 0 Å². The van der Waals surface area contributed by atoms with Crippen LogP contribution in [0.25, 0.3) is 0 Å². The molecule has 0 N–H and O–H groups in total. The molecule has 0 aromatic rings. The van der Waals surface area contributed by atoms with Crippen molar-refractivity contribution in [2.24, 2.45) is 0 Å². The number of ether oxygens (including phenoxy) is 3. The van der Waals surface area contributed by atoms with E-state index < -0.39 is 11.9 Å². The summed E-state index contributed by atoms with van der Waals surface area (Å²) in [5.74, 6) is -1.66. The fourth-order valence-electron chi connectivity index (χ4n) is 0.926. The highest BCUT2D eigenvalue weighted by atomic mass is 17.0. The lowest BCUT2D eigenvalue weighted by molar-refractivity contribution is -0.221. The maximum atomic E-state index is 10.9. The fourth-order valence-corrected chi connectivity index (χ4v) is 0.926. The molecule has 0 amide bonds. The molecule has 0 spiro atoms. The topological polar surface area (TPSA) is 48.1 Å². The molecule has 0 radical (unpaired) electrons. The minimum Gasteiger partial charge on any atom is -0.402 e. The molecule has 0 aliphatic carbocycles. The molecule has 0 saturated carbocycles. The van der Waals surface area contributed by atoms with Crippen LogP contribution in [-0.2, 0) is 19.0 Å². The van der Waals surface area contributed by atoms with E-state index in [2.05, 4.69) is 6.58 Å². The molecule has 1 rings (SSSR count). The second-order valence-corrected chi connectivity index (χ2v) is 2.84. The third-order valence-corrected chi connectivity index (χ3v) is 1.70. The molecule has 0 aromatic carbocycles. The fraction of sp³-hybridized carbons (Fsp3) is 0.667. The molecule has 1 saturated heterocycles. The summed E-state index contributed by atoms with van der Waals surface area (Å²) in [4.78, 5) is 10.9. The van der Waals surface area contributed by atoms with E-state index in [1.54, 1.807) is 6.92 Å². The van der Waals surface area contributed by atoms with Gasteiger partial charge in [0.15, 0.2) is 6.10 Å². The lowest BCUT2D eigenvalue weighted by Gasteiger charge is -2.12. The summed E-state index contributed by atoms with van der Waals surface area (Å²) in [6, 6.07) is 0. The van der Waals surface area contributed by atoms with Gasteiger partial charge in [0.1, 0.15) is 0 Å². The number of hydrogen-bond acceptors (Lipinski definition) is 4. The van der Waals surface area contributed by atoms with E-state index in [9.17, 15) is 4.79 Å². The first-order valence-corrected chi connectivity index (χ1v) is 4.32. The Morgan fingerprint density at radius 1 is 1.77 bits per heavy atom. The van der Waals surface area contributed by atoms with Gasteiger partial charge in [-0.1, -0.05) is 13.5 Å². The molecular weight excluding hydrogens is 172 g/mol. The van der Waals surface area contributed by atoms with E-state index in [-0.39, 0.29) is 6.10 Å². The van der Waals surface area contributed by atoms with Gasteiger partial charge in [-0.25, -0.2) is 4.79 Å². The smallest absolute Gasteiger partial charge is 0.357 e. The van der Waals surface area contributed by atoms with Crippen molar-refractivity contribution in [2.75, 3.05) is 6.61 Å². The van der Waals surface area contributed by atoms with Gasteiger partial charge >= 0.3 is 11.9 Å². The summed E-state index contributed by atoms with van der Waals surface area (Å²) in [5, 5.41) is 0. The van der Waals surface area contributed by atoms with Crippen molar-refractivity contribution in [1.82, 2.24) is 0 Å². The van der Waals surface area contributed by atoms with Gasteiger partial charge in [0.2, 0.25) is 0 Å². The molecule has 4 heteroatoms. The number of esters is 1. The Kier molecular flexibility index (Phi) is 3.06. The van der Waals surface area contributed by atoms with E-state index in [0.29, 0.717) is 6.61 Å². The Morgan fingerprint density at radius 2 is 2.38 bits per heavy atom. The van der Waals surface area contributed by atoms with Crippen molar-refractivity contribution < 1.29 is 19.0 Å². The third-order valence-electron chi connectivity index (χ3n) is 1.70. The van der Waals surface area contributed by atoms with Crippen molar-refractivity contribution >= 4 is 5.97 Å². The second-order valence-electron chi connectivity index (χ2n) is 2.84. The molecule has 2 atom stereocenters. The van der Waals surface area contributed by atoms with Crippen LogP contribution in [0.4, 0.5) is 0 Å². The van der Waals surface area contributed by atoms with Crippen LogP contribution in [0.1, 0.15) is 20.3 Å². The molecule has 74 valence electrons. The highest BCUT2D eigenvalue weighted by Crippen LogP contribution is 2.38. The molecule has 4 nitrogen and oxygen atoms in total. The molecule has 1 fully saturated rings. The zero-order valence-electron chi connectivity index (χ0n) is 7.91. The number of rotatable bonds is 5. The van der Waals surface area contributed by atoms with E-state index >= 15 is 0 Å². The van der Waals surface area contributed by atoms with Gasteiger partial charge in [-0.3, -0.25) is 0 Å². The lowest BCUT2D eigenvalue weighted by atomic mass is 10.4. The number of epoxide rings is 1. The number of carbonyl (C=O) groups excluding carboxylic acids is 1. The van der Waals surface area contributed by atoms with E-state index in [1.807, 2.05) is 6.92 Å². The number of carbonyl (C=O) groups is 1. The van der Waals surface area contributed by atoms with Crippen LogP contribution in [0, 0.1) is 0 Å². The van der Waals surface area contributed by atoms with Crippen molar-refractivity contribution in [2.45, 2.75) is 32.3 Å². The molecule has 2 unspecified atom stereocenters. The summed E-state index contributed by atoms with van der Waals surface area (Å²) >= 11 is 0. The van der Waals surface area contributed by atoms with Crippen molar-refractivity contribution in [3.05, 3.63) is 12.7 Å². The van der Waals surface area contributed by atoms with Gasteiger partial charge < -0.3 is 14.2 Å². The van der Waals surface area contributed by atoms with Crippen molar-refractivity contribution in [3.8, 4) is 0 Å². The van der Waals surface area contributed by atoms with E-state index in [4.69, 9.17) is 14.2 Å². The minimum absolute atomic E-state index is 0.192. The molecule has 0 bridgehead atoms. The summed E-state index contributed by atoms with van der Waals surface area (Å²) in [5.41, 5.74) is 0. The standard InChI is InChI=1S/C9H14O4/c1-4-6-11-9(7(3)12-9)13-8(10)5-2/h5,7H,2,4,6H2,1,3H3. The predicted molar refractivity (Wildman–Crippen MR) is 45.8 cm³/mol. The summed E-state index contributed by atoms with van der Waals surface area (Å²) in [6.07, 6.45) is 1.75. The van der Waals surface area contributed by atoms with Crippen LogP contribution in [0.15, 0.2) is 12.7 Å². The molecule has 1 aliphatic rings. The largest absolute Gasteiger partial charge is 0.402 e. The van der Waals surface area contributed by atoms with Gasteiger partial charge in [-0.05, 0) is 13.3 Å². The van der Waals surface area contributed by atoms with Crippen LogP contribution in [-0.4, -0.2) is 24.7 Å². The summed E-state index contributed by atoms with van der Waals surface area (Å²) in [7, 11) is 0. The molecule has 1 heterocycles. The van der Waals surface area contributed by atoms with Gasteiger partial charge in [0, 0.05) is 6.08 Å². The molecular formula is C9H14O4. The van der Waals surface area contributed by atoms with Gasteiger partial charge in [-0.2, -0.15) is 0 Å².